The van der Waals surface area contributed by atoms with Crippen molar-refractivity contribution >= 4 is 27.3 Å². The van der Waals surface area contributed by atoms with Crippen LogP contribution in [0.2, 0.25) is 5.02 Å². The number of sulfone groups is 1. The molecule has 25 heavy (non-hydrogen) atoms. The number of aryl methyl sites for hydroxylation is 2. The van der Waals surface area contributed by atoms with Crippen molar-refractivity contribution in [3.05, 3.63) is 58.1 Å². The Morgan fingerprint density at radius 2 is 1.80 bits per heavy atom. The third kappa shape index (κ3) is 4.96. The van der Waals surface area contributed by atoms with Gasteiger partial charge in [0.25, 0.3) is 5.91 Å². The minimum atomic E-state index is -3.50. The number of hydrogen-bond acceptors (Lipinski definition) is 4. The molecule has 0 aliphatic rings. The monoisotopic (exact) mass is 381 g/mol. The van der Waals surface area contributed by atoms with Gasteiger partial charge in [0.1, 0.15) is 12.4 Å². The molecule has 5 nitrogen and oxygen atoms in total. The van der Waals surface area contributed by atoms with Crippen LogP contribution in [0.3, 0.4) is 0 Å². The van der Waals surface area contributed by atoms with Gasteiger partial charge in [0, 0.05) is 11.8 Å². The second kappa shape index (κ2) is 7.89. The Morgan fingerprint density at radius 1 is 1.16 bits per heavy atom. The Labute approximate surface area is 152 Å². The molecule has 0 unspecified atom stereocenters. The van der Waals surface area contributed by atoms with Crippen molar-refractivity contribution in [2.24, 2.45) is 0 Å². The molecule has 0 radical (unpaired) electrons. The number of nitrogens with one attached hydrogen (secondary N) is 1. The Bertz CT molecular complexity index is 874. The van der Waals surface area contributed by atoms with Crippen molar-refractivity contribution in [3.8, 4) is 5.75 Å². The zero-order chi connectivity index (χ0) is 18.6. The maximum atomic E-state index is 12.2. The standard InChI is InChI=1S/C18H20ClNO4S/c1-12-5-4-6-13(2)17(12)24-10-9-20-18(21)14-7-8-15(19)16(11-14)25(3,22)23/h4-8,11H,9-10H2,1-3H3,(H,20,21). The molecule has 2 rings (SSSR count). The quantitative estimate of drug-likeness (QED) is 0.780. The molecule has 1 amide bonds. The average molecular weight is 382 g/mol. The highest BCUT2D eigenvalue weighted by Gasteiger charge is 2.15. The number of rotatable bonds is 6. The Kier molecular flexibility index (Phi) is 6.08. The van der Waals surface area contributed by atoms with E-state index in [1.165, 1.54) is 18.2 Å². The van der Waals surface area contributed by atoms with E-state index in [-0.39, 0.29) is 21.4 Å². The summed E-state index contributed by atoms with van der Waals surface area (Å²) in [5, 5.41) is 2.80. The minimum absolute atomic E-state index is 0.0615. The molecule has 0 aromatic heterocycles. The number of carbonyl (C=O) groups excluding carboxylic acids is 1. The van der Waals surface area contributed by atoms with Crippen LogP contribution >= 0.6 is 11.6 Å². The van der Waals surface area contributed by atoms with Crippen LogP contribution in [0.4, 0.5) is 0 Å². The van der Waals surface area contributed by atoms with E-state index in [1.54, 1.807) is 0 Å². The van der Waals surface area contributed by atoms with Gasteiger partial charge < -0.3 is 10.1 Å². The molecule has 2 aromatic carbocycles. The van der Waals surface area contributed by atoms with E-state index in [1.807, 2.05) is 32.0 Å². The number of amides is 1. The molecule has 134 valence electrons. The predicted octanol–water partition coefficient (Wildman–Crippen LogP) is 3.17. The van der Waals surface area contributed by atoms with Crippen molar-refractivity contribution in [2.75, 3.05) is 19.4 Å². The highest BCUT2D eigenvalue weighted by molar-refractivity contribution is 7.90. The predicted molar refractivity (Wildman–Crippen MR) is 98.3 cm³/mol. The zero-order valence-corrected chi connectivity index (χ0v) is 15.9. The van der Waals surface area contributed by atoms with Crippen LogP contribution in [0.1, 0.15) is 21.5 Å². The Hall–Kier alpha value is -2.05. The van der Waals surface area contributed by atoms with Crippen LogP contribution in [0.5, 0.6) is 5.75 Å². The van der Waals surface area contributed by atoms with E-state index in [9.17, 15) is 13.2 Å². The smallest absolute Gasteiger partial charge is 0.251 e. The first kappa shape index (κ1) is 19.3. The lowest BCUT2D eigenvalue weighted by molar-refractivity contribution is 0.0946. The van der Waals surface area contributed by atoms with Gasteiger partial charge in [0.15, 0.2) is 9.84 Å². The Balaban J connectivity index is 1.97. The molecule has 0 bridgehead atoms. The van der Waals surface area contributed by atoms with E-state index < -0.39 is 9.84 Å². The van der Waals surface area contributed by atoms with Gasteiger partial charge in [-0.25, -0.2) is 8.42 Å². The van der Waals surface area contributed by atoms with Crippen LogP contribution in [0.25, 0.3) is 0 Å². The molecule has 0 spiro atoms. The first-order valence-corrected chi connectivity index (χ1v) is 9.94. The van der Waals surface area contributed by atoms with Crippen molar-refractivity contribution in [1.29, 1.82) is 0 Å². The fourth-order valence-corrected chi connectivity index (χ4v) is 3.68. The van der Waals surface area contributed by atoms with Crippen LogP contribution in [0.15, 0.2) is 41.3 Å². The van der Waals surface area contributed by atoms with Crippen molar-refractivity contribution < 1.29 is 17.9 Å². The molecule has 0 aliphatic carbocycles. The van der Waals surface area contributed by atoms with Crippen LogP contribution in [-0.2, 0) is 9.84 Å². The van der Waals surface area contributed by atoms with Gasteiger partial charge in [0.2, 0.25) is 0 Å². The second-order valence-electron chi connectivity index (χ2n) is 5.74. The number of carbonyl (C=O) groups is 1. The summed E-state index contributed by atoms with van der Waals surface area (Å²) in [6.07, 6.45) is 1.05. The molecular formula is C18H20ClNO4S. The fourth-order valence-electron chi connectivity index (χ4n) is 2.38. The molecule has 0 heterocycles. The molecule has 0 atom stereocenters. The summed E-state index contributed by atoms with van der Waals surface area (Å²) in [6.45, 7) is 4.52. The first-order chi connectivity index (χ1) is 11.7. The average Bonchev–Trinajstić information content (AvgIpc) is 2.52. The molecule has 0 saturated heterocycles. The summed E-state index contributed by atoms with van der Waals surface area (Å²) in [6, 6.07) is 10.0. The lowest BCUT2D eigenvalue weighted by Gasteiger charge is -2.12. The van der Waals surface area contributed by atoms with Gasteiger partial charge in [0.05, 0.1) is 16.5 Å². The van der Waals surface area contributed by atoms with E-state index >= 15 is 0 Å². The fraction of sp³-hybridized carbons (Fsp3) is 0.278. The van der Waals surface area contributed by atoms with Crippen molar-refractivity contribution in [3.63, 3.8) is 0 Å². The van der Waals surface area contributed by atoms with Gasteiger partial charge in [-0.15, -0.1) is 0 Å². The van der Waals surface area contributed by atoms with Gasteiger partial charge in [-0.2, -0.15) is 0 Å². The summed E-state index contributed by atoms with van der Waals surface area (Å²) in [7, 11) is -3.50. The SMILES string of the molecule is Cc1cccc(C)c1OCCNC(=O)c1ccc(Cl)c(S(C)(=O)=O)c1. The second-order valence-corrected chi connectivity index (χ2v) is 8.13. The summed E-state index contributed by atoms with van der Waals surface area (Å²) >= 11 is 5.88. The first-order valence-electron chi connectivity index (χ1n) is 7.67. The van der Waals surface area contributed by atoms with Crippen molar-refractivity contribution in [1.82, 2.24) is 5.32 Å². The molecule has 0 aliphatic heterocycles. The molecule has 2 aromatic rings. The lowest BCUT2D eigenvalue weighted by Crippen LogP contribution is -2.28. The van der Waals surface area contributed by atoms with Gasteiger partial charge in [-0.05, 0) is 43.2 Å². The van der Waals surface area contributed by atoms with Crippen LogP contribution in [0, 0.1) is 13.8 Å². The van der Waals surface area contributed by atoms with Crippen LogP contribution in [-0.4, -0.2) is 33.7 Å². The maximum absolute atomic E-state index is 12.2. The molecule has 0 saturated carbocycles. The normalized spacial score (nSPS) is 11.2. The number of para-hydroxylation sites is 1. The topological polar surface area (TPSA) is 72.5 Å². The molecule has 7 heteroatoms. The maximum Gasteiger partial charge on any atom is 0.251 e. The van der Waals surface area contributed by atoms with E-state index in [0.717, 1.165) is 23.1 Å². The van der Waals surface area contributed by atoms with E-state index in [0.29, 0.717) is 13.2 Å². The molecule has 0 fully saturated rings. The highest BCUT2D eigenvalue weighted by Crippen LogP contribution is 2.23. The third-order valence-corrected chi connectivity index (χ3v) is 5.21. The number of ether oxygens (including phenoxy) is 1. The number of benzene rings is 2. The number of hydrogen-bond donors (Lipinski definition) is 1. The zero-order valence-electron chi connectivity index (χ0n) is 14.3. The van der Waals surface area contributed by atoms with Gasteiger partial charge >= 0.3 is 0 Å². The molecule has 1 N–H and O–H groups in total. The van der Waals surface area contributed by atoms with Crippen molar-refractivity contribution in [2.45, 2.75) is 18.7 Å². The van der Waals surface area contributed by atoms with E-state index in [2.05, 4.69) is 5.32 Å². The molecular weight excluding hydrogens is 362 g/mol. The van der Waals surface area contributed by atoms with Crippen LogP contribution < -0.4 is 10.1 Å². The summed E-state index contributed by atoms with van der Waals surface area (Å²) in [5.74, 6) is 0.425. The lowest BCUT2D eigenvalue weighted by atomic mass is 10.1. The summed E-state index contributed by atoms with van der Waals surface area (Å²) in [5.41, 5.74) is 2.29. The van der Waals surface area contributed by atoms with Gasteiger partial charge in [-0.1, -0.05) is 29.8 Å². The van der Waals surface area contributed by atoms with E-state index in [4.69, 9.17) is 16.3 Å². The Morgan fingerprint density at radius 3 is 2.40 bits per heavy atom. The largest absolute Gasteiger partial charge is 0.491 e. The highest BCUT2D eigenvalue weighted by atomic mass is 35.5. The minimum Gasteiger partial charge on any atom is -0.491 e. The summed E-state index contributed by atoms with van der Waals surface area (Å²) in [4.78, 5) is 12.1. The number of halogens is 1. The third-order valence-electron chi connectivity index (χ3n) is 3.64. The van der Waals surface area contributed by atoms with Gasteiger partial charge in [-0.3, -0.25) is 4.79 Å². The summed E-state index contributed by atoms with van der Waals surface area (Å²) < 4.78 is 29.1.